The Balaban J connectivity index is 1.84. The molecule has 2 rings (SSSR count). The minimum Gasteiger partial charge on any atom is -0.460 e. The van der Waals surface area contributed by atoms with Crippen LogP contribution in [0.5, 0.6) is 0 Å². The summed E-state index contributed by atoms with van der Waals surface area (Å²) >= 11 is 0. The van der Waals surface area contributed by atoms with Crippen LogP contribution >= 0.6 is 0 Å². The molecular weight excluding hydrogens is 280 g/mol. The summed E-state index contributed by atoms with van der Waals surface area (Å²) in [5.74, 6) is -3.27. The fourth-order valence-electron chi connectivity index (χ4n) is 1.61. The van der Waals surface area contributed by atoms with Gasteiger partial charge in [-0.15, -0.1) is 0 Å². The summed E-state index contributed by atoms with van der Waals surface area (Å²) in [4.78, 5) is 34.1. The lowest BCUT2D eigenvalue weighted by molar-refractivity contribution is -0.167. The smallest absolute Gasteiger partial charge is 0.399 e. The van der Waals surface area contributed by atoms with Crippen LogP contribution in [-0.4, -0.2) is 41.8 Å². The predicted octanol–water partition coefficient (Wildman–Crippen LogP) is -0.732. The number of cyclic esters (lactones) is 1. The minimum atomic E-state index is -1.47. The van der Waals surface area contributed by atoms with E-state index >= 15 is 0 Å². The fraction of sp³-hybridized carbons (Fsp3) is 0.308. The largest absolute Gasteiger partial charge is 0.460 e. The average Bonchev–Trinajstić information content (AvgIpc) is 2.78. The number of benzene rings is 1. The van der Waals surface area contributed by atoms with Gasteiger partial charge in [-0.2, -0.15) is 0 Å². The molecule has 1 aliphatic rings. The molecule has 0 spiro atoms. The maximum Gasteiger partial charge on any atom is 0.399 e. The van der Waals surface area contributed by atoms with Crippen molar-refractivity contribution in [1.82, 2.24) is 5.43 Å². The zero-order chi connectivity index (χ0) is 15.4. The van der Waals surface area contributed by atoms with Gasteiger partial charge in [0.25, 0.3) is 0 Å². The van der Waals surface area contributed by atoms with E-state index in [9.17, 15) is 19.5 Å². The normalized spacial score (nSPS) is 20.6. The monoisotopic (exact) mass is 294 g/mol. The highest BCUT2D eigenvalue weighted by atomic mass is 16.6. The van der Waals surface area contributed by atoms with Crippen LogP contribution in [0.4, 0.5) is 5.69 Å². The van der Waals surface area contributed by atoms with Crippen molar-refractivity contribution in [2.45, 2.75) is 19.1 Å². The zero-order valence-electron chi connectivity index (χ0n) is 11.2. The number of aliphatic hydroxyl groups is 1. The third-order valence-electron chi connectivity index (χ3n) is 2.77. The second kappa shape index (κ2) is 6.23. The highest BCUT2D eigenvalue weighted by molar-refractivity contribution is 6.32. The van der Waals surface area contributed by atoms with Gasteiger partial charge in [0, 0.05) is 0 Å². The van der Waals surface area contributed by atoms with E-state index in [1.54, 1.807) is 12.1 Å². The van der Waals surface area contributed by atoms with Crippen molar-refractivity contribution in [3.05, 3.63) is 29.8 Å². The van der Waals surface area contributed by atoms with E-state index in [4.69, 9.17) is 0 Å². The number of rotatable bonds is 3. The second-order valence-electron chi connectivity index (χ2n) is 4.47. The van der Waals surface area contributed by atoms with Crippen molar-refractivity contribution < 1.29 is 29.0 Å². The molecule has 0 unspecified atom stereocenters. The Labute approximate surface area is 120 Å². The lowest BCUT2D eigenvalue weighted by atomic mass is 10.2. The molecule has 1 aliphatic heterocycles. The molecule has 1 saturated heterocycles. The van der Waals surface area contributed by atoms with Crippen molar-refractivity contribution in [1.29, 1.82) is 0 Å². The molecule has 3 N–H and O–H groups in total. The number of anilines is 1. The van der Waals surface area contributed by atoms with Gasteiger partial charge in [-0.25, -0.2) is 9.59 Å². The molecule has 0 bridgehead atoms. The van der Waals surface area contributed by atoms with E-state index < -0.39 is 30.1 Å². The number of aryl methyl sites for hydroxylation is 1. The second-order valence-corrected chi connectivity index (χ2v) is 4.47. The molecule has 8 nitrogen and oxygen atoms in total. The maximum absolute atomic E-state index is 11.5. The number of aliphatic hydroxyl groups excluding tert-OH is 1. The van der Waals surface area contributed by atoms with Gasteiger partial charge in [0.2, 0.25) is 6.10 Å². The molecule has 8 heteroatoms. The van der Waals surface area contributed by atoms with Crippen LogP contribution in [0, 0.1) is 6.92 Å². The van der Waals surface area contributed by atoms with Crippen LogP contribution in [0.2, 0.25) is 0 Å². The zero-order valence-corrected chi connectivity index (χ0v) is 11.2. The predicted molar refractivity (Wildman–Crippen MR) is 69.8 cm³/mol. The van der Waals surface area contributed by atoms with Crippen LogP contribution in [0.3, 0.4) is 0 Å². The Morgan fingerprint density at radius 2 is 2.00 bits per heavy atom. The SMILES string of the molecule is Cc1ccc(NNC(=O)C(=O)O[C@H]2C(=O)OC[C@H]2O)cc1. The number of hydrogen-bond donors (Lipinski definition) is 3. The van der Waals surface area contributed by atoms with E-state index in [0.717, 1.165) is 5.56 Å². The summed E-state index contributed by atoms with van der Waals surface area (Å²) in [7, 11) is 0. The Morgan fingerprint density at radius 3 is 2.57 bits per heavy atom. The van der Waals surface area contributed by atoms with Crippen LogP contribution in [0.1, 0.15) is 5.56 Å². The Hall–Kier alpha value is -2.61. The number of carbonyl (C=O) groups excluding carboxylic acids is 3. The summed E-state index contributed by atoms with van der Waals surface area (Å²) in [6.45, 7) is 1.64. The molecule has 1 fully saturated rings. The Kier molecular flexibility index (Phi) is 4.39. The van der Waals surface area contributed by atoms with Crippen molar-refractivity contribution in [3.63, 3.8) is 0 Å². The van der Waals surface area contributed by atoms with Gasteiger partial charge >= 0.3 is 17.8 Å². The lowest BCUT2D eigenvalue weighted by Gasteiger charge is -2.12. The molecule has 0 saturated carbocycles. The third-order valence-corrected chi connectivity index (χ3v) is 2.77. The van der Waals surface area contributed by atoms with Gasteiger partial charge < -0.3 is 14.6 Å². The topological polar surface area (TPSA) is 114 Å². The quantitative estimate of drug-likeness (QED) is 0.382. The first-order valence-electron chi connectivity index (χ1n) is 6.15. The summed E-state index contributed by atoms with van der Waals surface area (Å²) in [6, 6.07) is 7.05. The van der Waals surface area contributed by atoms with Gasteiger partial charge in [0.05, 0.1) is 5.69 Å². The van der Waals surface area contributed by atoms with E-state index in [0.29, 0.717) is 5.69 Å². The van der Waals surface area contributed by atoms with E-state index in [2.05, 4.69) is 20.3 Å². The van der Waals surface area contributed by atoms with Crippen molar-refractivity contribution >= 4 is 23.5 Å². The molecule has 1 aromatic rings. The van der Waals surface area contributed by atoms with Gasteiger partial charge in [-0.1, -0.05) is 17.7 Å². The number of hydrazine groups is 1. The number of esters is 2. The van der Waals surface area contributed by atoms with E-state index in [1.165, 1.54) is 0 Å². The minimum absolute atomic E-state index is 0.264. The fourth-order valence-corrected chi connectivity index (χ4v) is 1.61. The highest BCUT2D eigenvalue weighted by Crippen LogP contribution is 2.11. The van der Waals surface area contributed by atoms with Crippen LogP contribution in [-0.2, 0) is 23.9 Å². The number of hydrogen-bond acceptors (Lipinski definition) is 7. The van der Waals surface area contributed by atoms with Gasteiger partial charge in [0.15, 0.2) is 0 Å². The summed E-state index contributed by atoms with van der Waals surface area (Å²) in [5.41, 5.74) is 6.26. The first-order valence-corrected chi connectivity index (χ1v) is 6.15. The average molecular weight is 294 g/mol. The molecule has 2 atom stereocenters. The Morgan fingerprint density at radius 1 is 1.33 bits per heavy atom. The molecule has 0 aliphatic carbocycles. The number of ether oxygens (including phenoxy) is 2. The number of amides is 1. The van der Waals surface area contributed by atoms with Crippen molar-refractivity contribution in [2.24, 2.45) is 0 Å². The molecule has 1 heterocycles. The lowest BCUT2D eigenvalue weighted by Crippen LogP contribution is -2.41. The van der Waals surface area contributed by atoms with Crippen molar-refractivity contribution in [2.75, 3.05) is 12.0 Å². The molecule has 1 amide bonds. The molecular formula is C13H14N2O6. The molecule has 21 heavy (non-hydrogen) atoms. The van der Waals surface area contributed by atoms with Gasteiger partial charge in [-0.3, -0.25) is 15.6 Å². The number of nitrogens with one attached hydrogen (secondary N) is 2. The van der Waals surface area contributed by atoms with Crippen LogP contribution in [0.15, 0.2) is 24.3 Å². The molecule has 1 aromatic carbocycles. The highest BCUT2D eigenvalue weighted by Gasteiger charge is 2.40. The molecule has 0 aromatic heterocycles. The van der Waals surface area contributed by atoms with Crippen LogP contribution < -0.4 is 10.9 Å². The standard InChI is InChI=1S/C13H14N2O6/c1-7-2-4-8(5-3-7)14-15-11(17)13(19)21-10-9(16)6-20-12(10)18/h2-5,9-10,14,16H,6H2,1H3,(H,15,17)/t9-,10-/m1/s1. The van der Waals surface area contributed by atoms with E-state index in [1.807, 2.05) is 19.1 Å². The molecule has 112 valence electrons. The Bertz CT molecular complexity index is 556. The van der Waals surface area contributed by atoms with Gasteiger partial charge in [0.1, 0.15) is 12.7 Å². The van der Waals surface area contributed by atoms with Crippen LogP contribution in [0.25, 0.3) is 0 Å². The van der Waals surface area contributed by atoms with Crippen molar-refractivity contribution in [3.8, 4) is 0 Å². The van der Waals surface area contributed by atoms with E-state index in [-0.39, 0.29) is 6.61 Å². The van der Waals surface area contributed by atoms with Gasteiger partial charge in [-0.05, 0) is 19.1 Å². The number of carbonyl (C=O) groups is 3. The first-order chi connectivity index (χ1) is 9.97. The molecule has 0 radical (unpaired) electrons. The summed E-state index contributed by atoms with van der Waals surface area (Å²) < 4.78 is 9.08. The maximum atomic E-state index is 11.5. The first kappa shape index (κ1) is 14.8. The third kappa shape index (κ3) is 3.69. The summed E-state index contributed by atoms with van der Waals surface area (Å²) in [5, 5.41) is 9.35. The summed E-state index contributed by atoms with van der Waals surface area (Å²) in [6.07, 6.45) is -2.73.